The van der Waals surface area contributed by atoms with E-state index in [2.05, 4.69) is 5.32 Å². The molecule has 0 saturated heterocycles. The molecular formula is C38H43FN4O5. The van der Waals surface area contributed by atoms with Crippen LogP contribution < -0.4 is 24.4 Å². The van der Waals surface area contributed by atoms with Crippen LogP contribution in [0.5, 0.6) is 17.2 Å². The van der Waals surface area contributed by atoms with Crippen LogP contribution in [0.3, 0.4) is 0 Å². The fraction of sp³-hybridized carbons (Fsp3) is 0.316. The summed E-state index contributed by atoms with van der Waals surface area (Å²) in [6.07, 6.45) is -0.474. The van der Waals surface area contributed by atoms with Gasteiger partial charge in [0.1, 0.15) is 35.2 Å². The van der Waals surface area contributed by atoms with Gasteiger partial charge in [-0.1, -0.05) is 42.5 Å². The average Bonchev–Trinajstić information content (AvgIpc) is 3.06. The average molecular weight is 655 g/mol. The summed E-state index contributed by atoms with van der Waals surface area (Å²) >= 11 is 0. The van der Waals surface area contributed by atoms with E-state index in [1.165, 1.54) is 12.1 Å². The van der Waals surface area contributed by atoms with Gasteiger partial charge in [-0.05, 0) is 75.8 Å². The van der Waals surface area contributed by atoms with Crippen molar-refractivity contribution < 1.29 is 28.2 Å². The third-order valence-corrected chi connectivity index (χ3v) is 8.39. The van der Waals surface area contributed by atoms with E-state index in [0.29, 0.717) is 53.7 Å². The molecule has 0 saturated carbocycles. The predicted octanol–water partition coefficient (Wildman–Crippen LogP) is 7.12. The van der Waals surface area contributed by atoms with Crippen LogP contribution in [0.1, 0.15) is 30.5 Å². The Morgan fingerprint density at radius 2 is 1.67 bits per heavy atom. The second kappa shape index (κ2) is 14.4. The van der Waals surface area contributed by atoms with Gasteiger partial charge in [0.25, 0.3) is 5.91 Å². The smallest absolute Gasteiger partial charge is 0.415 e. The number of methoxy groups -OCH3 is 1. The van der Waals surface area contributed by atoms with Gasteiger partial charge in [-0.15, -0.1) is 0 Å². The monoisotopic (exact) mass is 654 g/mol. The Bertz CT molecular complexity index is 1790. The SMILES string of the molecule is COc1cc(OC(=O)N(CCN(C)C)Cc2ccccc2)ccc1-c1ccc2c(c1COc1cc(F)ccc1C)N(C)C(=O)C(C)(C)N2. The molecule has 0 fully saturated rings. The molecule has 1 aliphatic heterocycles. The second-order valence-electron chi connectivity index (χ2n) is 12.7. The maximum atomic E-state index is 14.2. The number of fused-ring (bicyclic) bond motifs is 1. The van der Waals surface area contributed by atoms with E-state index in [1.807, 2.05) is 88.3 Å². The number of anilines is 2. The molecule has 48 heavy (non-hydrogen) atoms. The van der Waals surface area contributed by atoms with Crippen LogP contribution in [0.2, 0.25) is 0 Å². The van der Waals surface area contributed by atoms with Crippen LogP contribution in [-0.4, -0.2) is 68.7 Å². The van der Waals surface area contributed by atoms with Crippen molar-refractivity contribution in [1.29, 1.82) is 0 Å². The molecular weight excluding hydrogens is 611 g/mol. The van der Waals surface area contributed by atoms with Crippen LogP contribution in [0, 0.1) is 12.7 Å². The number of ether oxygens (including phenoxy) is 3. The molecule has 1 heterocycles. The van der Waals surface area contributed by atoms with Crippen molar-refractivity contribution in [2.45, 2.75) is 39.5 Å². The van der Waals surface area contributed by atoms with E-state index >= 15 is 0 Å². The number of rotatable bonds is 11. The minimum atomic E-state index is -0.815. The van der Waals surface area contributed by atoms with Crippen molar-refractivity contribution in [2.75, 3.05) is 51.6 Å². The second-order valence-corrected chi connectivity index (χ2v) is 12.7. The highest BCUT2D eigenvalue weighted by atomic mass is 19.1. The molecule has 0 spiro atoms. The summed E-state index contributed by atoms with van der Waals surface area (Å²) in [5.74, 6) is 0.673. The van der Waals surface area contributed by atoms with Gasteiger partial charge < -0.3 is 34.2 Å². The van der Waals surface area contributed by atoms with E-state index in [0.717, 1.165) is 22.4 Å². The van der Waals surface area contributed by atoms with E-state index in [1.54, 1.807) is 42.2 Å². The summed E-state index contributed by atoms with van der Waals surface area (Å²) in [7, 11) is 7.20. The molecule has 9 nitrogen and oxygen atoms in total. The zero-order chi connectivity index (χ0) is 34.6. The molecule has 0 atom stereocenters. The Morgan fingerprint density at radius 1 is 0.938 bits per heavy atom. The van der Waals surface area contributed by atoms with Gasteiger partial charge >= 0.3 is 6.09 Å². The number of hydrogen-bond donors (Lipinski definition) is 1. The summed E-state index contributed by atoms with van der Waals surface area (Å²) in [6.45, 7) is 7.12. The molecule has 1 N–H and O–H groups in total. The molecule has 1 aliphatic rings. The van der Waals surface area contributed by atoms with Crippen molar-refractivity contribution in [3.63, 3.8) is 0 Å². The molecule has 0 bridgehead atoms. The summed E-state index contributed by atoms with van der Waals surface area (Å²) in [6, 6.07) is 23.3. The Balaban J connectivity index is 1.50. The number of amides is 2. The van der Waals surface area contributed by atoms with Crippen LogP contribution in [0.25, 0.3) is 11.1 Å². The van der Waals surface area contributed by atoms with Crippen LogP contribution in [-0.2, 0) is 17.9 Å². The van der Waals surface area contributed by atoms with Gasteiger partial charge in [0.15, 0.2) is 0 Å². The number of nitrogens with zero attached hydrogens (tertiary/aromatic N) is 3. The van der Waals surface area contributed by atoms with Gasteiger partial charge in [0.05, 0.1) is 18.5 Å². The zero-order valence-electron chi connectivity index (χ0n) is 28.6. The van der Waals surface area contributed by atoms with Crippen LogP contribution in [0.4, 0.5) is 20.6 Å². The van der Waals surface area contributed by atoms with Crippen molar-refractivity contribution in [1.82, 2.24) is 9.80 Å². The fourth-order valence-corrected chi connectivity index (χ4v) is 5.79. The predicted molar refractivity (Wildman–Crippen MR) is 186 cm³/mol. The first kappa shape index (κ1) is 34.3. The first-order valence-electron chi connectivity index (χ1n) is 15.8. The number of likely N-dealkylation sites (N-methyl/N-ethyl adjacent to an activating group) is 2. The molecule has 0 aliphatic carbocycles. The topological polar surface area (TPSA) is 83.6 Å². The molecule has 10 heteroatoms. The molecule has 4 aromatic rings. The lowest BCUT2D eigenvalue weighted by atomic mass is 9.91. The highest BCUT2D eigenvalue weighted by Crippen LogP contribution is 2.45. The molecule has 0 radical (unpaired) electrons. The summed E-state index contributed by atoms with van der Waals surface area (Å²) in [5.41, 5.74) is 4.53. The molecule has 5 rings (SSSR count). The lowest BCUT2D eigenvalue weighted by molar-refractivity contribution is -0.121. The van der Waals surface area contributed by atoms with E-state index < -0.39 is 17.4 Å². The minimum absolute atomic E-state index is 0.0444. The number of aryl methyl sites for hydroxylation is 1. The lowest BCUT2D eigenvalue weighted by Crippen LogP contribution is -2.52. The van der Waals surface area contributed by atoms with Crippen molar-refractivity contribution >= 4 is 23.4 Å². The number of hydrogen-bond acceptors (Lipinski definition) is 7. The van der Waals surface area contributed by atoms with Gasteiger partial charge in [0, 0.05) is 49.9 Å². The molecule has 0 unspecified atom stereocenters. The quantitative estimate of drug-likeness (QED) is 0.184. The van der Waals surface area contributed by atoms with E-state index in [-0.39, 0.29) is 12.5 Å². The molecule has 4 aromatic carbocycles. The first-order chi connectivity index (χ1) is 22.9. The van der Waals surface area contributed by atoms with Gasteiger partial charge in [-0.25, -0.2) is 9.18 Å². The van der Waals surface area contributed by atoms with Crippen molar-refractivity contribution in [2.24, 2.45) is 0 Å². The van der Waals surface area contributed by atoms with E-state index in [4.69, 9.17) is 14.2 Å². The summed E-state index contributed by atoms with van der Waals surface area (Å²) in [4.78, 5) is 32.2. The number of halogens is 1. The Morgan fingerprint density at radius 3 is 2.38 bits per heavy atom. The molecule has 2 amide bonds. The maximum absolute atomic E-state index is 14.2. The third kappa shape index (κ3) is 7.55. The maximum Gasteiger partial charge on any atom is 0.415 e. The van der Waals surface area contributed by atoms with Crippen molar-refractivity contribution in [3.8, 4) is 28.4 Å². The Kier molecular flexibility index (Phi) is 10.2. The van der Waals surface area contributed by atoms with Gasteiger partial charge in [-0.2, -0.15) is 0 Å². The van der Waals surface area contributed by atoms with Crippen LogP contribution in [0.15, 0.2) is 78.9 Å². The summed E-state index contributed by atoms with van der Waals surface area (Å²) < 4.78 is 32.1. The van der Waals surface area contributed by atoms with Gasteiger partial charge in [0.2, 0.25) is 0 Å². The molecule has 0 aromatic heterocycles. The molecule has 252 valence electrons. The Hall–Kier alpha value is -5.09. The standard InChI is InChI=1S/C38H43FN4O5/c1-25-13-14-27(39)21-33(25)47-24-31-29(17-18-32-35(31)42(6)36(44)38(2,3)40-32)30-16-15-28(22-34(30)46-7)48-37(45)43(20-19-41(4)5)23-26-11-9-8-10-12-26/h8-18,21-22,40H,19-20,23-24H2,1-7H3. The third-order valence-electron chi connectivity index (χ3n) is 8.39. The fourth-order valence-electron chi connectivity index (χ4n) is 5.79. The number of carbonyl (C=O) groups is 2. The summed E-state index contributed by atoms with van der Waals surface area (Å²) in [5, 5.41) is 3.36. The number of benzene rings is 4. The zero-order valence-corrected chi connectivity index (χ0v) is 28.6. The number of carbonyl (C=O) groups excluding carboxylic acids is 2. The highest BCUT2D eigenvalue weighted by Gasteiger charge is 2.39. The van der Waals surface area contributed by atoms with Crippen LogP contribution >= 0.6 is 0 Å². The minimum Gasteiger partial charge on any atom is -0.496 e. The van der Waals surface area contributed by atoms with Crippen molar-refractivity contribution in [3.05, 3.63) is 101 Å². The number of nitrogens with one attached hydrogen (secondary N) is 1. The largest absolute Gasteiger partial charge is 0.496 e. The van der Waals surface area contributed by atoms with E-state index in [9.17, 15) is 14.0 Å². The first-order valence-corrected chi connectivity index (χ1v) is 15.8. The normalized spacial score (nSPS) is 13.5. The Labute approximate surface area is 281 Å². The van der Waals surface area contributed by atoms with Gasteiger partial charge in [-0.3, -0.25) is 4.79 Å². The highest BCUT2D eigenvalue weighted by molar-refractivity contribution is 6.08. The lowest BCUT2D eigenvalue weighted by Gasteiger charge is -2.39.